The number of amides is 1. The van der Waals surface area contributed by atoms with Crippen LogP contribution in [0.25, 0.3) is 16.8 Å². The topological polar surface area (TPSA) is 71.3 Å². The minimum Gasteiger partial charge on any atom is -0.495 e. The molecule has 0 aliphatic heterocycles. The van der Waals surface area contributed by atoms with Crippen LogP contribution in [0.4, 0.5) is 5.69 Å². The molecule has 0 atom stereocenters. The zero-order valence-electron chi connectivity index (χ0n) is 18.4. The summed E-state index contributed by atoms with van der Waals surface area (Å²) in [4.78, 5) is 12.6. The number of nitriles is 1. The lowest BCUT2D eigenvalue weighted by Gasteiger charge is -2.11. The Kier molecular flexibility index (Phi) is 7.26. The predicted octanol–water partition coefficient (Wildman–Crippen LogP) is 6.74. The zero-order chi connectivity index (χ0) is 23.9. The largest absolute Gasteiger partial charge is 0.495 e. The minimum absolute atomic E-state index is 0.0257. The number of para-hydroxylation sites is 2. The van der Waals surface area contributed by atoms with Gasteiger partial charge in [0.1, 0.15) is 29.7 Å². The van der Waals surface area contributed by atoms with Gasteiger partial charge in [-0.15, -0.1) is 0 Å². The lowest BCUT2D eigenvalue weighted by Crippen LogP contribution is -2.14. The highest BCUT2D eigenvalue weighted by Crippen LogP contribution is 2.29. The summed E-state index contributed by atoms with van der Waals surface area (Å²) in [6.45, 7) is 0.417. The minimum atomic E-state index is -0.514. The van der Waals surface area contributed by atoms with Gasteiger partial charge in [-0.05, 0) is 68.2 Å². The Labute approximate surface area is 206 Å². The summed E-state index contributed by atoms with van der Waals surface area (Å²) in [6.07, 6.45) is 1.53. The summed E-state index contributed by atoms with van der Waals surface area (Å²) in [7, 11) is 1.52. The Morgan fingerprint density at radius 3 is 2.56 bits per heavy atom. The Morgan fingerprint density at radius 2 is 1.76 bits per heavy atom. The number of hydrogen-bond acceptors (Lipinski definition) is 4. The number of rotatable bonds is 7. The van der Waals surface area contributed by atoms with E-state index in [1.54, 1.807) is 30.3 Å². The SMILES string of the molecule is COc1ccccc1NC(=O)/C(C#N)=C/c1ccc(OCc2cccc3ccccc23)c(Br)c1. The van der Waals surface area contributed by atoms with Crippen molar-refractivity contribution in [3.05, 3.63) is 106 Å². The second-order valence-corrected chi connectivity index (χ2v) is 8.30. The molecule has 0 radical (unpaired) electrons. The maximum Gasteiger partial charge on any atom is 0.266 e. The number of anilines is 1. The van der Waals surface area contributed by atoms with E-state index in [-0.39, 0.29) is 5.57 Å². The molecule has 0 aliphatic rings. The highest BCUT2D eigenvalue weighted by Gasteiger charge is 2.13. The van der Waals surface area contributed by atoms with Crippen LogP contribution < -0.4 is 14.8 Å². The Balaban J connectivity index is 1.49. The van der Waals surface area contributed by atoms with E-state index in [1.165, 1.54) is 18.6 Å². The molecule has 0 unspecified atom stereocenters. The molecular formula is C28H21BrN2O3. The second-order valence-electron chi connectivity index (χ2n) is 7.44. The van der Waals surface area contributed by atoms with Gasteiger partial charge in [0.05, 0.1) is 17.3 Å². The molecule has 34 heavy (non-hydrogen) atoms. The van der Waals surface area contributed by atoms with Crippen LogP contribution in [0.15, 0.2) is 95.0 Å². The van der Waals surface area contributed by atoms with Gasteiger partial charge >= 0.3 is 0 Å². The quantitative estimate of drug-likeness (QED) is 0.220. The van der Waals surface area contributed by atoms with E-state index in [4.69, 9.17) is 9.47 Å². The van der Waals surface area contributed by atoms with Crippen LogP contribution in [0.3, 0.4) is 0 Å². The average molecular weight is 513 g/mol. The van der Waals surface area contributed by atoms with Gasteiger partial charge in [-0.1, -0.05) is 60.7 Å². The highest BCUT2D eigenvalue weighted by atomic mass is 79.9. The van der Waals surface area contributed by atoms with Gasteiger partial charge in [0.25, 0.3) is 5.91 Å². The molecule has 4 rings (SSSR count). The first kappa shape index (κ1) is 23.1. The second kappa shape index (κ2) is 10.7. The molecule has 0 spiro atoms. The molecule has 0 heterocycles. The number of nitrogens with one attached hydrogen (secondary N) is 1. The summed E-state index contributed by atoms with van der Waals surface area (Å²) in [5.74, 6) is 0.671. The van der Waals surface area contributed by atoms with Crippen molar-refractivity contribution in [3.8, 4) is 17.6 Å². The van der Waals surface area contributed by atoms with Gasteiger partial charge in [0, 0.05) is 0 Å². The van der Waals surface area contributed by atoms with Crippen LogP contribution in [0.1, 0.15) is 11.1 Å². The number of hydrogen-bond donors (Lipinski definition) is 1. The van der Waals surface area contributed by atoms with Crippen molar-refractivity contribution < 1.29 is 14.3 Å². The summed E-state index contributed by atoms with van der Waals surface area (Å²) in [5.41, 5.74) is 2.25. The monoisotopic (exact) mass is 512 g/mol. The van der Waals surface area contributed by atoms with Crippen LogP contribution in [0.2, 0.25) is 0 Å². The third-order valence-electron chi connectivity index (χ3n) is 5.25. The third kappa shape index (κ3) is 5.28. The van der Waals surface area contributed by atoms with Crippen molar-refractivity contribution in [1.82, 2.24) is 0 Å². The number of ether oxygens (including phenoxy) is 2. The summed E-state index contributed by atoms with van der Waals surface area (Å²) in [6, 6.07) is 28.8. The van der Waals surface area contributed by atoms with Crippen LogP contribution in [0, 0.1) is 11.3 Å². The summed E-state index contributed by atoms with van der Waals surface area (Å²) in [5, 5.41) is 14.6. The van der Waals surface area contributed by atoms with E-state index in [1.807, 2.05) is 42.5 Å². The number of carbonyl (C=O) groups is 1. The van der Waals surface area contributed by atoms with Crippen LogP contribution in [-0.2, 0) is 11.4 Å². The van der Waals surface area contributed by atoms with Crippen molar-refractivity contribution in [2.75, 3.05) is 12.4 Å². The van der Waals surface area contributed by atoms with E-state index in [9.17, 15) is 10.1 Å². The van der Waals surface area contributed by atoms with E-state index >= 15 is 0 Å². The van der Waals surface area contributed by atoms with Crippen molar-refractivity contribution in [3.63, 3.8) is 0 Å². The van der Waals surface area contributed by atoms with E-state index in [0.29, 0.717) is 29.4 Å². The molecule has 168 valence electrons. The van der Waals surface area contributed by atoms with Crippen molar-refractivity contribution in [1.29, 1.82) is 5.26 Å². The molecule has 0 aromatic heterocycles. The zero-order valence-corrected chi connectivity index (χ0v) is 20.0. The van der Waals surface area contributed by atoms with Gasteiger partial charge in [-0.3, -0.25) is 4.79 Å². The number of halogens is 1. The van der Waals surface area contributed by atoms with Crippen LogP contribution in [-0.4, -0.2) is 13.0 Å². The fraction of sp³-hybridized carbons (Fsp3) is 0.0714. The first-order chi connectivity index (χ1) is 16.6. The number of nitrogens with zero attached hydrogens (tertiary/aromatic N) is 1. The molecule has 4 aromatic carbocycles. The van der Waals surface area contributed by atoms with Gasteiger partial charge in [-0.2, -0.15) is 5.26 Å². The molecule has 0 bridgehead atoms. The van der Waals surface area contributed by atoms with Crippen molar-refractivity contribution >= 4 is 44.4 Å². The van der Waals surface area contributed by atoms with E-state index < -0.39 is 5.91 Å². The number of fused-ring (bicyclic) bond motifs is 1. The normalized spacial score (nSPS) is 11.0. The van der Waals surface area contributed by atoms with E-state index in [2.05, 4.69) is 39.4 Å². The fourth-order valence-electron chi connectivity index (χ4n) is 3.55. The average Bonchev–Trinajstić information content (AvgIpc) is 2.87. The molecule has 1 amide bonds. The Hall–Kier alpha value is -4.08. The summed E-state index contributed by atoms with van der Waals surface area (Å²) < 4.78 is 12.0. The molecule has 0 fully saturated rings. The molecule has 0 saturated heterocycles. The Bertz CT molecular complexity index is 1420. The van der Waals surface area contributed by atoms with E-state index in [0.717, 1.165) is 15.4 Å². The van der Waals surface area contributed by atoms with Crippen molar-refractivity contribution in [2.24, 2.45) is 0 Å². The Morgan fingerprint density at radius 1 is 1.00 bits per heavy atom. The number of methoxy groups -OCH3 is 1. The molecule has 1 N–H and O–H groups in total. The van der Waals surface area contributed by atoms with Gasteiger partial charge in [-0.25, -0.2) is 0 Å². The lowest BCUT2D eigenvalue weighted by atomic mass is 10.1. The molecule has 6 heteroatoms. The number of benzene rings is 4. The fourth-order valence-corrected chi connectivity index (χ4v) is 4.06. The summed E-state index contributed by atoms with van der Waals surface area (Å²) >= 11 is 3.54. The maximum atomic E-state index is 12.6. The molecular weight excluding hydrogens is 492 g/mol. The molecule has 4 aromatic rings. The van der Waals surface area contributed by atoms with Crippen molar-refractivity contribution in [2.45, 2.75) is 6.61 Å². The van der Waals surface area contributed by atoms with Gasteiger partial charge in [0.2, 0.25) is 0 Å². The molecule has 0 saturated carbocycles. The first-order valence-corrected chi connectivity index (χ1v) is 11.3. The third-order valence-corrected chi connectivity index (χ3v) is 5.87. The van der Waals surface area contributed by atoms with Gasteiger partial charge in [0.15, 0.2) is 0 Å². The molecule has 5 nitrogen and oxygen atoms in total. The lowest BCUT2D eigenvalue weighted by molar-refractivity contribution is -0.112. The molecule has 0 aliphatic carbocycles. The van der Waals surface area contributed by atoms with Crippen LogP contribution >= 0.6 is 15.9 Å². The first-order valence-electron chi connectivity index (χ1n) is 10.5. The maximum absolute atomic E-state index is 12.6. The number of carbonyl (C=O) groups excluding carboxylic acids is 1. The van der Waals surface area contributed by atoms with Crippen LogP contribution in [0.5, 0.6) is 11.5 Å². The standard InChI is InChI=1S/C28H21BrN2O3/c1-33-27-12-5-4-11-25(27)31-28(32)22(17-30)15-19-13-14-26(24(29)16-19)34-18-21-9-6-8-20-7-2-3-10-23(20)21/h2-16H,18H2,1H3,(H,31,32)/b22-15+. The smallest absolute Gasteiger partial charge is 0.266 e. The van der Waals surface area contributed by atoms with Gasteiger partial charge < -0.3 is 14.8 Å². The predicted molar refractivity (Wildman–Crippen MR) is 138 cm³/mol. The highest BCUT2D eigenvalue weighted by molar-refractivity contribution is 9.10.